The van der Waals surface area contributed by atoms with E-state index in [2.05, 4.69) is 19.1 Å². The molecular weight excluding hydrogens is 208 g/mol. The Morgan fingerprint density at radius 2 is 2.00 bits per heavy atom. The summed E-state index contributed by atoms with van der Waals surface area (Å²) in [4.78, 5) is 10.7. The Bertz CT molecular complexity index is 526. The first-order valence-corrected chi connectivity index (χ1v) is 5.65. The molecule has 0 unspecified atom stereocenters. The van der Waals surface area contributed by atoms with E-state index in [0.29, 0.717) is 0 Å². The summed E-state index contributed by atoms with van der Waals surface area (Å²) in [6.45, 7) is 4.09. The highest BCUT2D eigenvalue weighted by molar-refractivity contribution is 7.17. The number of hydrogen-bond acceptors (Lipinski definition) is 2. The number of aliphatic carboxylic acids is 1. The Morgan fingerprint density at radius 1 is 1.33 bits per heavy atom. The van der Waals surface area contributed by atoms with Gasteiger partial charge in [0.2, 0.25) is 0 Å². The molecule has 0 saturated carbocycles. The van der Waals surface area contributed by atoms with E-state index in [4.69, 9.17) is 5.11 Å². The van der Waals surface area contributed by atoms with Gasteiger partial charge >= 0.3 is 5.97 Å². The lowest BCUT2D eigenvalue weighted by Crippen LogP contribution is -1.99. The molecule has 2 rings (SSSR count). The van der Waals surface area contributed by atoms with E-state index in [9.17, 15) is 4.79 Å². The molecule has 1 aromatic carbocycles. The lowest BCUT2D eigenvalue weighted by Gasteiger charge is -2.02. The molecule has 1 N–H and O–H groups in total. The second-order valence-corrected chi connectivity index (χ2v) is 4.61. The summed E-state index contributed by atoms with van der Waals surface area (Å²) in [5.41, 5.74) is 3.31. The van der Waals surface area contributed by atoms with Gasteiger partial charge in [-0.15, -0.1) is 11.3 Å². The number of carboxylic acid groups (broad SMARTS) is 1. The first-order valence-electron chi connectivity index (χ1n) is 4.77. The zero-order valence-electron chi connectivity index (χ0n) is 8.70. The molecule has 0 saturated heterocycles. The van der Waals surface area contributed by atoms with Crippen molar-refractivity contribution < 1.29 is 9.90 Å². The second kappa shape index (κ2) is 3.66. The molecule has 1 heterocycles. The maximum absolute atomic E-state index is 10.7. The fraction of sp³-hybridized carbons (Fsp3) is 0.250. The Hall–Kier alpha value is -1.35. The van der Waals surface area contributed by atoms with Gasteiger partial charge in [0.1, 0.15) is 0 Å². The summed E-state index contributed by atoms with van der Waals surface area (Å²) < 4.78 is 1.21. The number of thiophene rings is 1. The van der Waals surface area contributed by atoms with Crippen LogP contribution in [0.2, 0.25) is 0 Å². The number of fused-ring (bicyclic) bond motifs is 1. The van der Waals surface area contributed by atoms with Crippen LogP contribution in [0.15, 0.2) is 17.5 Å². The quantitative estimate of drug-likeness (QED) is 0.844. The summed E-state index contributed by atoms with van der Waals surface area (Å²) in [5, 5.41) is 11.9. The molecule has 0 amide bonds. The van der Waals surface area contributed by atoms with Crippen LogP contribution in [0.4, 0.5) is 0 Å². The molecule has 15 heavy (non-hydrogen) atoms. The molecule has 0 aliphatic rings. The monoisotopic (exact) mass is 220 g/mol. The molecule has 78 valence electrons. The predicted octanol–water partition coefficient (Wildman–Crippen LogP) is 3.15. The predicted molar refractivity (Wildman–Crippen MR) is 62.6 cm³/mol. The molecule has 0 spiro atoms. The van der Waals surface area contributed by atoms with Crippen molar-refractivity contribution in [3.05, 3.63) is 34.2 Å². The van der Waals surface area contributed by atoms with Gasteiger partial charge in [0.25, 0.3) is 0 Å². The van der Waals surface area contributed by atoms with Crippen molar-refractivity contribution in [1.82, 2.24) is 0 Å². The Kier molecular flexibility index (Phi) is 2.49. The van der Waals surface area contributed by atoms with Crippen molar-refractivity contribution in [3.63, 3.8) is 0 Å². The van der Waals surface area contributed by atoms with Crippen LogP contribution >= 0.6 is 11.3 Å². The normalized spacial score (nSPS) is 10.8. The fourth-order valence-corrected chi connectivity index (χ4v) is 2.94. The molecule has 0 aliphatic carbocycles. The van der Waals surface area contributed by atoms with Crippen molar-refractivity contribution in [2.45, 2.75) is 20.3 Å². The highest BCUT2D eigenvalue weighted by Crippen LogP contribution is 2.31. The van der Waals surface area contributed by atoms with Gasteiger partial charge in [-0.1, -0.05) is 12.1 Å². The van der Waals surface area contributed by atoms with Crippen LogP contribution < -0.4 is 0 Å². The highest BCUT2D eigenvalue weighted by atomic mass is 32.1. The van der Waals surface area contributed by atoms with Crippen LogP contribution in [0.5, 0.6) is 0 Å². The Labute approximate surface area is 92.2 Å². The van der Waals surface area contributed by atoms with Crippen molar-refractivity contribution in [1.29, 1.82) is 0 Å². The fourth-order valence-electron chi connectivity index (χ4n) is 1.82. The standard InChI is InChI=1S/C12H12O2S/c1-7-3-4-8(2)12-11(7)9(6-15-12)5-10(13)14/h3-4,6H,5H2,1-2H3,(H,13,14). The van der Waals surface area contributed by atoms with E-state index in [1.807, 2.05) is 12.3 Å². The number of hydrogen-bond donors (Lipinski definition) is 1. The summed E-state index contributed by atoms with van der Waals surface area (Å²) >= 11 is 1.63. The molecule has 0 fully saturated rings. The molecule has 0 atom stereocenters. The van der Waals surface area contributed by atoms with Gasteiger partial charge in [-0.3, -0.25) is 4.79 Å². The van der Waals surface area contributed by atoms with Gasteiger partial charge < -0.3 is 5.11 Å². The van der Waals surface area contributed by atoms with E-state index in [1.54, 1.807) is 11.3 Å². The molecule has 2 aromatic rings. The summed E-state index contributed by atoms with van der Waals surface area (Å²) in [7, 11) is 0. The molecule has 1 aromatic heterocycles. The van der Waals surface area contributed by atoms with Crippen molar-refractivity contribution in [3.8, 4) is 0 Å². The van der Waals surface area contributed by atoms with E-state index < -0.39 is 5.97 Å². The smallest absolute Gasteiger partial charge is 0.307 e. The van der Waals surface area contributed by atoms with Crippen LogP contribution in [-0.2, 0) is 11.2 Å². The van der Waals surface area contributed by atoms with Gasteiger partial charge in [0.05, 0.1) is 6.42 Å². The van der Waals surface area contributed by atoms with Crippen molar-refractivity contribution in [2.24, 2.45) is 0 Å². The van der Waals surface area contributed by atoms with Crippen LogP contribution in [0.25, 0.3) is 10.1 Å². The Morgan fingerprint density at radius 3 is 2.67 bits per heavy atom. The number of aryl methyl sites for hydroxylation is 2. The van der Waals surface area contributed by atoms with E-state index >= 15 is 0 Å². The third-order valence-corrected chi connectivity index (χ3v) is 3.71. The molecule has 3 heteroatoms. The summed E-state index contributed by atoms with van der Waals surface area (Å²) in [6, 6.07) is 4.13. The average Bonchev–Trinajstić information content (AvgIpc) is 2.56. The third kappa shape index (κ3) is 1.75. The number of rotatable bonds is 2. The van der Waals surface area contributed by atoms with Gasteiger partial charge in [-0.2, -0.15) is 0 Å². The van der Waals surface area contributed by atoms with Crippen LogP contribution in [-0.4, -0.2) is 11.1 Å². The first-order chi connectivity index (χ1) is 7.09. The minimum atomic E-state index is -0.768. The van der Waals surface area contributed by atoms with Crippen LogP contribution in [0.3, 0.4) is 0 Å². The van der Waals surface area contributed by atoms with Gasteiger partial charge in [-0.05, 0) is 41.3 Å². The van der Waals surface area contributed by atoms with E-state index in [-0.39, 0.29) is 6.42 Å². The van der Waals surface area contributed by atoms with Gasteiger partial charge in [0, 0.05) is 4.70 Å². The maximum atomic E-state index is 10.7. The van der Waals surface area contributed by atoms with Crippen LogP contribution in [0, 0.1) is 13.8 Å². The van der Waals surface area contributed by atoms with Crippen LogP contribution in [0.1, 0.15) is 16.7 Å². The third-order valence-electron chi connectivity index (χ3n) is 2.54. The summed E-state index contributed by atoms with van der Waals surface area (Å²) in [5.74, 6) is -0.768. The molecule has 0 radical (unpaired) electrons. The van der Waals surface area contributed by atoms with E-state index in [0.717, 1.165) is 16.5 Å². The van der Waals surface area contributed by atoms with Crippen molar-refractivity contribution in [2.75, 3.05) is 0 Å². The first kappa shape index (κ1) is 10.2. The zero-order chi connectivity index (χ0) is 11.0. The SMILES string of the molecule is Cc1ccc(C)c2c(CC(=O)O)csc12. The number of carboxylic acids is 1. The van der Waals surface area contributed by atoms with Crippen molar-refractivity contribution >= 4 is 27.4 Å². The summed E-state index contributed by atoms with van der Waals surface area (Å²) in [6.07, 6.45) is 0.115. The van der Waals surface area contributed by atoms with E-state index in [1.165, 1.54) is 10.3 Å². The minimum Gasteiger partial charge on any atom is -0.481 e. The average molecular weight is 220 g/mol. The maximum Gasteiger partial charge on any atom is 0.307 e. The number of carbonyl (C=O) groups is 1. The molecular formula is C12H12O2S. The number of benzene rings is 1. The molecule has 0 aliphatic heterocycles. The highest BCUT2D eigenvalue weighted by Gasteiger charge is 2.11. The largest absolute Gasteiger partial charge is 0.481 e. The topological polar surface area (TPSA) is 37.3 Å². The molecule has 2 nitrogen and oxygen atoms in total. The zero-order valence-corrected chi connectivity index (χ0v) is 9.52. The molecule has 0 bridgehead atoms. The van der Waals surface area contributed by atoms with Gasteiger partial charge in [0.15, 0.2) is 0 Å². The minimum absolute atomic E-state index is 0.115. The lowest BCUT2D eigenvalue weighted by atomic mass is 10.0. The van der Waals surface area contributed by atoms with Gasteiger partial charge in [-0.25, -0.2) is 0 Å². The lowest BCUT2D eigenvalue weighted by molar-refractivity contribution is -0.136. The Balaban J connectivity index is 2.67. The second-order valence-electron chi connectivity index (χ2n) is 3.73.